The lowest BCUT2D eigenvalue weighted by Gasteiger charge is -2.50. The van der Waals surface area contributed by atoms with E-state index in [0.29, 0.717) is 11.5 Å². The van der Waals surface area contributed by atoms with Crippen LogP contribution in [0.25, 0.3) is 0 Å². The molecule has 5 rings (SSSR count). The molecule has 0 radical (unpaired) electrons. The van der Waals surface area contributed by atoms with Gasteiger partial charge >= 0.3 is 0 Å². The Balaban J connectivity index is 1.23. The van der Waals surface area contributed by atoms with Crippen molar-refractivity contribution < 1.29 is 14.3 Å². The summed E-state index contributed by atoms with van der Waals surface area (Å²) >= 11 is 0. The summed E-state index contributed by atoms with van der Waals surface area (Å²) in [5.74, 6) is 4.30. The molecule has 1 aromatic rings. The van der Waals surface area contributed by atoms with Gasteiger partial charge in [-0.1, -0.05) is 25.1 Å². The molecule has 194 valence electrons. The lowest BCUT2D eigenvalue weighted by molar-refractivity contribution is -0.0113. The van der Waals surface area contributed by atoms with Gasteiger partial charge in [0.05, 0.1) is 19.9 Å². The van der Waals surface area contributed by atoms with Crippen LogP contribution in [0.4, 0.5) is 0 Å². The Labute approximate surface area is 212 Å². The second-order valence-electron chi connectivity index (χ2n) is 12.6. The minimum Gasteiger partial charge on any atom is -0.493 e. The third kappa shape index (κ3) is 4.82. The van der Waals surface area contributed by atoms with Gasteiger partial charge in [0.25, 0.3) is 0 Å². The quantitative estimate of drug-likeness (QED) is 0.331. The molecule has 1 aromatic carbocycles. The standard InChI is InChI=1S/C30H46N2O3/c1-21-14-23-15-22(2)19-29(18-21,20-23)11-13-35-31-25-8-9-30(10-12-32(3)28(30)17-25)24-6-7-26(33-4)27(16-24)34-5/h6-7,16,21-23,28H,8-15,17-20H2,1-5H3/b31-25+/t21?,22?,23?,28-,29?,30-/m0/s1. The fourth-order valence-corrected chi connectivity index (χ4v) is 8.78. The summed E-state index contributed by atoms with van der Waals surface area (Å²) in [6, 6.07) is 6.96. The number of fused-ring (bicyclic) bond motifs is 3. The second-order valence-corrected chi connectivity index (χ2v) is 12.6. The van der Waals surface area contributed by atoms with E-state index in [0.717, 1.165) is 61.7 Å². The van der Waals surface area contributed by atoms with Crippen molar-refractivity contribution in [2.24, 2.45) is 28.3 Å². The maximum Gasteiger partial charge on any atom is 0.161 e. The zero-order valence-corrected chi connectivity index (χ0v) is 22.6. The summed E-state index contributed by atoms with van der Waals surface area (Å²) in [7, 11) is 5.69. The molecule has 35 heavy (non-hydrogen) atoms. The van der Waals surface area contributed by atoms with Crippen LogP contribution < -0.4 is 9.47 Å². The van der Waals surface area contributed by atoms with Crippen molar-refractivity contribution in [1.29, 1.82) is 0 Å². The highest BCUT2D eigenvalue weighted by molar-refractivity contribution is 5.86. The molecule has 0 spiro atoms. The summed E-state index contributed by atoms with van der Waals surface area (Å²) in [6.07, 6.45) is 12.5. The van der Waals surface area contributed by atoms with E-state index < -0.39 is 0 Å². The van der Waals surface area contributed by atoms with Gasteiger partial charge in [0, 0.05) is 17.9 Å². The number of hydrogen-bond acceptors (Lipinski definition) is 5. The van der Waals surface area contributed by atoms with E-state index in [1.54, 1.807) is 14.2 Å². The third-order valence-corrected chi connectivity index (χ3v) is 10.0. The molecule has 3 aliphatic carbocycles. The Morgan fingerprint density at radius 3 is 2.46 bits per heavy atom. The molecule has 2 unspecified atom stereocenters. The molecule has 0 aromatic heterocycles. The number of oxime groups is 1. The highest BCUT2D eigenvalue weighted by Gasteiger charge is 2.50. The summed E-state index contributed by atoms with van der Waals surface area (Å²) in [5.41, 5.74) is 3.26. The molecule has 4 fully saturated rings. The Morgan fingerprint density at radius 2 is 1.74 bits per heavy atom. The fraction of sp³-hybridized carbons (Fsp3) is 0.767. The van der Waals surface area contributed by atoms with Crippen LogP contribution in [0.15, 0.2) is 23.4 Å². The van der Waals surface area contributed by atoms with Crippen molar-refractivity contribution >= 4 is 5.71 Å². The van der Waals surface area contributed by atoms with Crippen LogP contribution in [-0.2, 0) is 10.3 Å². The topological polar surface area (TPSA) is 43.3 Å². The highest BCUT2D eigenvalue weighted by Crippen LogP contribution is 2.54. The van der Waals surface area contributed by atoms with Crippen LogP contribution >= 0.6 is 0 Å². The number of benzene rings is 1. The SMILES string of the molecule is COc1ccc([C@@]23CC/C(=N\OCCC45CC(C)CC(CC(C)C4)C5)C[C@@H]2N(C)CC3)cc1OC. The Hall–Kier alpha value is -1.75. The number of likely N-dealkylation sites (N-methyl/N-ethyl adjacent to an activating group) is 1. The van der Waals surface area contributed by atoms with Crippen LogP contribution in [0.2, 0.25) is 0 Å². The third-order valence-electron chi connectivity index (χ3n) is 10.0. The van der Waals surface area contributed by atoms with Crippen molar-refractivity contribution in [1.82, 2.24) is 4.90 Å². The van der Waals surface area contributed by atoms with Crippen LogP contribution in [-0.4, -0.2) is 51.1 Å². The molecule has 0 amide bonds. The summed E-state index contributed by atoms with van der Waals surface area (Å²) in [5, 5.41) is 4.73. The van der Waals surface area contributed by atoms with Gasteiger partial charge in [-0.2, -0.15) is 0 Å². The van der Waals surface area contributed by atoms with Gasteiger partial charge in [0.15, 0.2) is 11.5 Å². The lowest BCUT2D eigenvalue weighted by atomic mass is 9.56. The van der Waals surface area contributed by atoms with Crippen molar-refractivity contribution in [2.75, 3.05) is 34.4 Å². The number of hydrogen-bond donors (Lipinski definition) is 0. The van der Waals surface area contributed by atoms with Crippen molar-refractivity contribution in [3.8, 4) is 11.5 Å². The largest absolute Gasteiger partial charge is 0.493 e. The molecule has 1 heterocycles. The smallest absolute Gasteiger partial charge is 0.161 e. The van der Waals surface area contributed by atoms with Crippen LogP contribution in [0.3, 0.4) is 0 Å². The first-order valence-corrected chi connectivity index (χ1v) is 14.0. The van der Waals surface area contributed by atoms with Gasteiger partial charge in [-0.15, -0.1) is 0 Å². The summed E-state index contributed by atoms with van der Waals surface area (Å²) < 4.78 is 11.1. The number of methoxy groups -OCH3 is 2. The molecular weight excluding hydrogens is 436 g/mol. The molecule has 2 bridgehead atoms. The second kappa shape index (κ2) is 9.95. The molecular formula is C30H46N2O3. The Kier molecular flexibility index (Phi) is 7.09. The monoisotopic (exact) mass is 482 g/mol. The lowest BCUT2D eigenvalue weighted by Crippen LogP contribution is -2.46. The maximum atomic E-state index is 6.05. The van der Waals surface area contributed by atoms with Crippen LogP contribution in [0, 0.1) is 23.2 Å². The van der Waals surface area contributed by atoms with E-state index in [1.807, 2.05) is 0 Å². The van der Waals surface area contributed by atoms with Crippen molar-refractivity contribution in [3.05, 3.63) is 23.8 Å². The van der Waals surface area contributed by atoms with Gasteiger partial charge in [-0.25, -0.2) is 0 Å². The van der Waals surface area contributed by atoms with E-state index in [-0.39, 0.29) is 5.41 Å². The van der Waals surface area contributed by atoms with Crippen LogP contribution in [0.5, 0.6) is 11.5 Å². The van der Waals surface area contributed by atoms with E-state index in [1.165, 1.54) is 56.2 Å². The van der Waals surface area contributed by atoms with Gasteiger partial charge < -0.3 is 19.2 Å². The Bertz CT molecular complexity index is 911. The molecule has 3 saturated carbocycles. The Morgan fingerprint density at radius 1 is 1.00 bits per heavy atom. The fourth-order valence-electron chi connectivity index (χ4n) is 8.78. The first-order chi connectivity index (χ1) is 16.9. The number of nitrogens with zero attached hydrogens (tertiary/aromatic N) is 2. The van der Waals surface area contributed by atoms with Gasteiger partial charge in [0.2, 0.25) is 0 Å². The molecule has 5 nitrogen and oxygen atoms in total. The maximum absolute atomic E-state index is 6.05. The predicted molar refractivity (Wildman–Crippen MR) is 141 cm³/mol. The van der Waals surface area contributed by atoms with E-state index in [2.05, 4.69) is 44.0 Å². The zero-order valence-electron chi connectivity index (χ0n) is 22.6. The van der Waals surface area contributed by atoms with E-state index >= 15 is 0 Å². The predicted octanol–water partition coefficient (Wildman–Crippen LogP) is 6.44. The molecule has 0 N–H and O–H groups in total. The summed E-state index contributed by atoms with van der Waals surface area (Å²) in [6.45, 7) is 6.82. The number of rotatable bonds is 7. The van der Waals surface area contributed by atoms with Crippen molar-refractivity contribution in [2.45, 2.75) is 89.5 Å². The van der Waals surface area contributed by atoms with E-state index in [4.69, 9.17) is 19.5 Å². The van der Waals surface area contributed by atoms with E-state index in [9.17, 15) is 0 Å². The molecule has 1 saturated heterocycles. The average Bonchev–Trinajstić information content (AvgIpc) is 3.17. The molecule has 5 heteroatoms. The van der Waals surface area contributed by atoms with Gasteiger partial charge in [-0.05, 0) is 112 Å². The van der Waals surface area contributed by atoms with Crippen molar-refractivity contribution in [3.63, 3.8) is 0 Å². The number of ether oxygens (including phenoxy) is 2. The minimum atomic E-state index is 0.151. The van der Waals surface area contributed by atoms with Gasteiger partial charge in [-0.3, -0.25) is 0 Å². The molecule has 4 aliphatic rings. The normalized spacial score (nSPS) is 38.3. The minimum absolute atomic E-state index is 0.151. The molecule has 4 atom stereocenters. The van der Waals surface area contributed by atoms with Gasteiger partial charge in [0.1, 0.15) is 6.61 Å². The number of likely N-dealkylation sites (tertiary alicyclic amines) is 1. The first kappa shape index (κ1) is 24.9. The average molecular weight is 483 g/mol. The highest BCUT2D eigenvalue weighted by atomic mass is 16.6. The van der Waals surface area contributed by atoms with Crippen LogP contribution in [0.1, 0.15) is 83.6 Å². The zero-order chi connectivity index (χ0) is 24.6. The summed E-state index contributed by atoms with van der Waals surface area (Å²) in [4.78, 5) is 8.58. The molecule has 1 aliphatic heterocycles. The first-order valence-electron chi connectivity index (χ1n) is 14.0.